The minimum Gasteiger partial charge on any atom is -0.294 e. The molecule has 0 unspecified atom stereocenters. The van der Waals surface area contributed by atoms with Crippen LogP contribution in [0.1, 0.15) is 45.7 Å². The van der Waals surface area contributed by atoms with E-state index in [1.165, 1.54) is 13.8 Å². The summed E-state index contributed by atoms with van der Waals surface area (Å²) in [4.78, 5) is 25.1. The Kier molecular flexibility index (Phi) is 4.85. The van der Waals surface area contributed by atoms with Gasteiger partial charge in [0, 0.05) is 16.7 Å². The Balaban J connectivity index is 2.56. The molecule has 0 atom stereocenters. The molecule has 0 amide bonds. The summed E-state index contributed by atoms with van der Waals surface area (Å²) in [6, 6.07) is 19.9. The van der Waals surface area contributed by atoms with Crippen molar-refractivity contribution in [3.05, 3.63) is 82.9 Å². The fraction of sp³-hybridized carbons (Fsp3) is 0.167. The molecule has 0 spiro atoms. The molecule has 26 heavy (non-hydrogen) atoms. The third-order valence-corrected chi connectivity index (χ3v) is 4.89. The van der Waals surface area contributed by atoms with Gasteiger partial charge in [0.1, 0.15) is 0 Å². The number of hydrogen-bond donors (Lipinski definition) is 0. The number of Topliss-reactive ketones (excluding diaryl/α,β-unsaturated/α-hetero) is 2. The third-order valence-electron chi connectivity index (χ3n) is 4.89. The van der Waals surface area contributed by atoms with Gasteiger partial charge in [0.15, 0.2) is 11.6 Å². The average molecular weight is 342 g/mol. The SMILES string of the molecule is CC(=O)c1c(C)c(C)c(-c2ccccc2)c(-c2ccccc2)c1C(C)=O. The smallest absolute Gasteiger partial charge is 0.161 e. The molecule has 0 aromatic heterocycles. The van der Waals surface area contributed by atoms with Crippen LogP contribution in [0.2, 0.25) is 0 Å². The van der Waals surface area contributed by atoms with Gasteiger partial charge in [0.2, 0.25) is 0 Å². The number of rotatable bonds is 4. The molecule has 0 fully saturated rings. The van der Waals surface area contributed by atoms with Crippen LogP contribution in [-0.2, 0) is 0 Å². The number of hydrogen-bond acceptors (Lipinski definition) is 2. The first-order valence-electron chi connectivity index (χ1n) is 8.73. The van der Waals surface area contributed by atoms with Crippen molar-refractivity contribution in [1.29, 1.82) is 0 Å². The van der Waals surface area contributed by atoms with Gasteiger partial charge in [-0.2, -0.15) is 0 Å². The molecule has 130 valence electrons. The van der Waals surface area contributed by atoms with Gasteiger partial charge in [0.05, 0.1) is 0 Å². The van der Waals surface area contributed by atoms with Crippen molar-refractivity contribution in [2.75, 3.05) is 0 Å². The lowest BCUT2D eigenvalue weighted by molar-refractivity contribution is 0.0980. The maximum absolute atomic E-state index is 12.7. The van der Waals surface area contributed by atoms with E-state index in [4.69, 9.17) is 0 Å². The van der Waals surface area contributed by atoms with Gasteiger partial charge in [-0.05, 0) is 55.5 Å². The maximum atomic E-state index is 12.7. The summed E-state index contributed by atoms with van der Waals surface area (Å²) in [7, 11) is 0. The van der Waals surface area contributed by atoms with Crippen molar-refractivity contribution in [3.8, 4) is 22.3 Å². The molecule has 0 aliphatic carbocycles. The summed E-state index contributed by atoms with van der Waals surface area (Å²) in [5, 5.41) is 0. The fourth-order valence-electron chi connectivity index (χ4n) is 3.65. The Morgan fingerprint density at radius 2 is 1.00 bits per heavy atom. The van der Waals surface area contributed by atoms with Crippen LogP contribution in [0, 0.1) is 13.8 Å². The second kappa shape index (κ2) is 7.09. The highest BCUT2D eigenvalue weighted by Gasteiger charge is 2.26. The summed E-state index contributed by atoms with van der Waals surface area (Å²) in [5.41, 5.74) is 6.82. The Morgan fingerprint density at radius 3 is 1.42 bits per heavy atom. The zero-order chi connectivity index (χ0) is 18.8. The van der Waals surface area contributed by atoms with Crippen molar-refractivity contribution < 1.29 is 9.59 Å². The number of carbonyl (C=O) groups is 2. The molecule has 0 saturated heterocycles. The van der Waals surface area contributed by atoms with E-state index in [-0.39, 0.29) is 11.6 Å². The molecule has 0 aliphatic heterocycles. The highest BCUT2D eigenvalue weighted by Crippen LogP contribution is 2.41. The fourth-order valence-corrected chi connectivity index (χ4v) is 3.65. The zero-order valence-electron chi connectivity index (χ0n) is 15.6. The van der Waals surface area contributed by atoms with E-state index in [0.717, 1.165) is 33.4 Å². The topological polar surface area (TPSA) is 34.1 Å². The molecule has 2 nitrogen and oxygen atoms in total. The van der Waals surface area contributed by atoms with Crippen molar-refractivity contribution in [2.45, 2.75) is 27.7 Å². The van der Waals surface area contributed by atoms with E-state index in [1.54, 1.807) is 0 Å². The van der Waals surface area contributed by atoms with E-state index in [2.05, 4.69) is 0 Å². The number of carbonyl (C=O) groups excluding carboxylic acids is 2. The van der Waals surface area contributed by atoms with Gasteiger partial charge in [-0.1, -0.05) is 60.7 Å². The Hall–Kier alpha value is -3.00. The summed E-state index contributed by atoms with van der Waals surface area (Å²) in [6.07, 6.45) is 0. The molecule has 0 N–H and O–H groups in total. The molecule has 3 aromatic rings. The lowest BCUT2D eigenvalue weighted by Crippen LogP contribution is -2.12. The van der Waals surface area contributed by atoms with Gasteiger partial charge in [-0.15, -0.1) is 0 Å². The van der Waals surface area contributed by atoms with E-state index in [9.17, 15) is 9.59 Å². The van der Waals surface area contributed by atoms with Crippen LogP contribution in [0.25, 0.3) is 22.3 Å². The Labute approximate surface area is 154 Å². The monoisotopic (exact) mass is 342 g/mol. The van der Waals surface area contributed by atoms with E-state index in [0.29, 0.717) is 11.1 Å². The van der Waals surface area contributed by atoms with Crippen LogP contribution in [0.4, 0.5) is 0 Å². The van der Waals surface area contributed by atoms with Gasteiger partial charge < -0.3 is 0 Å². The van der Waals surface area contributed by atoms with Crippen LogP contribution in [0.5, 0.6) is 0 Å². The largest absolute Gasteiger partial charge is 0.294 e. The van der Waals surface area contributed by atoms with Gasteiger partial charge >= 0.3 is 0 Å². The molecule has 0 bridgehead atoms. The molecule has 0 radical (unpaired) electrons. The highest BCUT2D eigenvalue weighted by molar-refractivity contribution is 6.15. The third kappa shape index (κ3) is 2.99. The number of benzene rings is 3. The maximum Gasteiger partial charge on any atom is 0.161 e. The van der Waals surface area contributed by atoms with Crippen LogP contribution in [0.15, 0.2) is 60.7 Å². The van der Waals surface area contributed by atoms with Crippen molar-refractivity contribution in [3.63, 3.8) is 0 Å². The molecule has 0 saturated carbocycles. The summed E-state index contributed by atoms with van der Waals surface area (Å²) >= 11 is 0. The van der Waals surface area contributed by atoms with Crippen LogP contribution < -0.4 is 0 Å². The van der Waals surface area contributed by atoms with Gasteiger partial charge in [-0.25, -0.2) is 0 Å². The Bertz CT molecular complexity index is 984. The zero-order valence-corrected chi connectivity index (χ0v) is 15.6. The quantitative estimate of drug-likeness (QED) is 0.541. The molecule has 3 aromatic carbocycles. The molecular weight excluding hydrogens is 320 g/mol. The summed E-state index contributed by atoms with van der Waals surface area (Å²) < 4.78 is 0. The summed E-state index contributed by atoms with van der Waals surface area (Å²) in [6.45, 7) is 7.03. The molecule has 0 aliphatic rings. The van der Waals surface area contributed by atoms with Crippen LogP contribution in [-0.4, -0.2) is 11.6 Å². The average Bonchev–Trinajstić information content (AvgIpc) is 2.64. The first-order chi connectivity index (χ1) is 12.4. The van der Waals surface area contributed by atoms with Crippen LogP contribution in [0.3, 0.4) is 0 Å². The van der Waals surface area contributed by atoms with Gasteiger partial charge in [0.25, 0.3) is 0 Å². The minimum atomic E-state index is -0.0886. The highest BCUT2D eigenvalue weighted by atomic mass is 16.1. The second-order valence-corrected chi connectivity index (χ2v) is 6.59. The summed E-state index contributed by atoms with van der Waals surface area (Å²) in [5.74, 6) is -0.165. The molecular formula is C24H22O2. The molecule has 2 heteroatoms. The first kappa shape index (κ1) is 17.8. The lowest BCUT2D eigenvalue weighted by Gasteiger charge is -2.22. The second-order valence-electron chi connectivity index (χ2n) is 6.59. The first-order valence-corrected chi connectivity index (χ1v) is 8.73. The molecule has 0 heterocycles. The van der Waals surface area contributed by atoms with Crippen LogP contribution >= 0.6 is 0 Å². The van der Waals surface area contributed by atoms with Gasteiger partial charge in [-0.3, -0.25) is 9.59 Å². The standard InChI is InChI=1S/C24H22O2/c1-15-16(2)22(19-11-7-5-8-12-19)24(20-13-9-6-10-14-20)23(18(4)26)21(15)17(3)25/h5-14H,1-4H3. The van der Waals surface area contributed by atoms with Crippen molar-refractivity contribution >= 4 is 11.6 Å². The van der Waals surface area contributed by atoms with Crippen molar-refractivity contribution in [2.24, 2.45) is 0 Å². The normalized spacial score (nSPS) is 10.6. The molecule has 3 rings (SSSR count). The van der Waals surface area contributed by atoms with E-state index >= 15 is 0 Å². The van der Waals surface area contributed by atoms with E-state index in [1.807, 2.05) is 74.5 Å². The predicted octanol–water partition coefficient (Wildman–Crippen LogP) is 6.04. The lowest BCUT2D eigenvalue weighted by atomic mass is 9.80. The Morgan fingerprint density at radius 1 is 0.577 bits per heavy atom. The predicted molar refractivity (Wildman–Crippen MR) is 107 cm³/mol. The minimum absolute atomic E-state index is 0.0763. The van der Waals surface area contributed by atoms with E-state index < -0.39 is 0 Å². The number of ketones is 2. The van der Waals surface area contributed by atoms with Crippen molar-refractivity contribution in [1.82, 2.24) is 0 Å².